The summed E-state index contributed by atoms with van der Waals surface area (Å²) in [6, 6.07) is 12.0. The predicted molar refractivity (Wildman–Crippen MR) is 101 cm³/mol. The zero-order chi connectivity index (χ0) is 18.5. The van der Waals surface area contributed by atoms with Crippen LogP contribution in [0.4, 0.5) is 0 Å². The first-order valence-corrected chi connectivity index (χ1v) is 8.92. The molecule has 0 radical (unpaired) electrons. The maximum absolute atomic E-state index is 10.3. The molecule has 26 heavy (non-hydrogen) atoms. The molecule has 0 aromatic heterocycles. The largest absolute Gasteiger partial charge is 0.493 e. The summed E-state index contributed by atoms with van der Waals surface area (Å²) in [4.78, 5) is 2.25. The molecule has 0 spiro atoms. The molecule has 1 heterocycles. The summed E-state index contributed by atoms with van der Waals surface area (Å²) in [7, 11) is 3.31. The summed E-state index contributed by atoms with van der Waals surface area (Å²) in [5.41, 5.74) is 3.70. The zero-order valence-electron chi connectivity index (χ0n) is 15.7. The van der Waals surface area contributed by atoms with E-state index in [1.165, 1.54) is 16.7 Å². The molecule has 2 aromatic rings. The van der Waals surface area contributed by atoms with Crippen LogP contribution >= 0.6 is 0 Å². The lowest BCUT2D eigenvalue weighted by Crippen LogP contribution is -2.38. The standard InChI is InChI=1S/C21H27NO4/c1-15-4-6-19(7-5-15)26-14-18(23)13-22-9-8-16-10-20(24-2)21(25-3)11-17(16)12-22/h4-7,10-11,18,23H,8-9,12-14H2,1-3H3/t18-/m0/s1. The SMILES string of the molecule is COc1cc2c(cc1OC)CN(C[C@H](O)COc1ccc(C)cc1)CC2. The van der Waals surface area contributed by atoms with Gasteiger partial charge in [-0.3, -0.25) is 4.90 Å². The summed E-state index contributed by atoms with van der Waals surface area (Å²) in [6.45, 7) is 4.61. The summed E-state index contributed by atoms with van der Waals surface area (Å²) >= 11 is 0. The van der Waals surface area contributed by atoms with E-state index >= 15 is 0 Å². The number of nitrogens with zero attached hydrogens (tertiary/aromatic N) is 1. The van der Waals surface area contributed by atoms with Crippen LogP contribution in [0.3, 0.4) is 0 Å². The molecule has 5 nitrogen and oxygen atoms in total. The average Bonchev–Trinajstić information content (AvgIpc) is 2.66. The molecule has 1 aliphatic heterocycles. The zero-order valence-corrected chi connectivity index (χ0v) is 15.7. The number of aliphatic hydroxyl groups is 1. The molecule has 2 aromatic carbocycles. The molecule has 1 atom stereocenters. The number of methoxy groups -OCH3 is 2. The Kier molecular flexibility index (Phi) is 6.01. The maximum Gasteiger partial charge on any atom is 0.161 e. The lowest BCUT2D eigenvalue weighted by Gasteiger charge is -2.31. The highest BCUT2D eigenvalue weighted by Crippen LogP contribution is 2.33. The Morgan fingerprint density at radius 1 is 1.04 bits per heavy atom. The second-order valence-corrected chi connectivity index (χ2v) is 6.74. The second kappa shape index (κ2) is 8.43. The Labute approximate surface area is 155 Å². The minimum atomic E-state index is -0.530. The van der Waals surface area contributed by atoms with E-state index in [-0.39, 0.29) is 0 Å². The van der Waals surface area contributed by atoms with Gasteiger partial charge in [0.15, 0.2) is 11.5 Å². The minimum absolute atomic E-state index is 0.290. The van der Waals surface area contributed by atoms with E-state index in [0.29, 0.717) is 13.2 Å². The number of benzene rings is 2. The van der Waals surface area contributed by atoms with Crippen LogP contribution in [0.15, 0.2) is 36.4 Å². The summed E-state index contributed by atoms with van der Waals surface area (Å²) in [5.74, 6) is 2.30. The molecule has 1 N–H and O–H groups in total. The molecule has 0 amide bonds. The number of rotatable bonds is 7. The van der Waals surface area contributed by atoms with Crippen LogP contribution < -0.4 is 14.2 Å². The fraction of sp³-hybridized carbons (Fsp3) is 0.429. The van der Waals surface area contributed by atoms with E-state index in [4.69, 9.17) is 14.2 Å². The second-order valence-electron chi connectivity index (χ2n) is 6.74. The van der Waals surface area contributed by atoms with Gasteiger partial charge in [0.2, 0.25) is 0 Å². The van der Waals surface area contributed by atoms with E-state index in [2.05, 4.69) is 11.0 Å². The third-order valence-corrected chi connectivity index (χ3v) is 4.73. The molecule has 0 saturated carbocycles. The summed E-state index contributed by atoms with van der Waals surface area (Å²) in [6.07, 6.45) is 0.402. The van der Waals surface area contributed by atoms with Gasteiger partial charge in [-0.1, -0.05) is 17.7 Å². The first-order chi connectivity index (χ1) is 12.6. The van der Waals surface area contributed by atoms with Gasteiger partial charge < -0.3 is 19.3 Å². The van der Waals surface area contributed by atoms with Crippen LogP contribution in [0.1, 0.15) is 16.7 Å². The fourth-order valence-corrected chi connectivity index (χ4v) is 3.28. The van der Waals surface area contributed by atoms with Crippen molar-refractivity contribution in [1.82, 2.24) is 4.90 Å². The molecule has 0 bridgehead atoms. The molecule has 140 valence electrons. The molecule has 1 aliphatic rings. The number of aliphatic hydroxyl groups excluding tert-OH is 1. The molecule has 0 saturated heterocycles. The maximum atomic E-state index is 10.3. The van der Waals surface area contributed by atoms with Crippen molar-refractivity contribution in [3.63, 3.8) is 0 Å². The Bertz CT molecular complexity index is 730. The Morgan fingerprint density at radius 3 is 2.35 bits per heavy atom. The fourth-order valence-electron chi connectivity index (χ4n) is 3.28. The lowest BCUT2D eigenvalue weighted by atomic mass is 9.98. The highest BCUT2D eigenvalue weighted by Gasteiger charge is 2.21. The van der Waals surface area contributed by atoms with Crippen molar-refractivity contribution in [2.45, 2.75) is 26.0 Å². The highest BCUT2D eigenvalue weighted by atomic mass is 16.5. The minimum Gasteiger partial charge on any atom is -0.493 e. The van der Waals surface area contributed by atoms with Gasteiger partial charge in [-0.15, -0.1) is 0 Å². The molecular formula is C21H27NO4. The van der Waals surface area contributed by atoms with Gasteiger partial charge in [0.05, 0.1) is 14.2 Å². The van der Waals surface area contributed by atoms with E-state index in [1.54, 1.807) is 14.2 Å². The number of hydrogen-bond acceptors (Lipinski definition) is 5. The van der Waals surface area contributed by atoms with Crippen molar-refractivity contribution >= 4 is 0 Å². The van der Waals surface area contributed by atoms with E-state index in [0.717, 1.165) is 36.8 Å². The summed E-state index contributed by atoms with van der Waals surface area (Å²) in [5, 5.41) is 10.3. The number of β-amino-alcohol motifs (C(OH)–C–C–N with tert-alkyl or cyclic N) is 1. The first kappa shape index (κ1) is 18.5. The lowest BCUT2D eigenvalue weighted by molar-refractivity contribution is 0.0637. The normalized spacial score (nSPS) is 15.2. The monoisotopic (exact) mass is 357 g/mol. The van der Waals surface area contributed by atoms with Crippen LogP contribution in [0.2, 0.25) is 0 Å². The van der Waals surface area contributed by atoms with Gasteiger partial charge in [-0.25, -0.2) is 0 Å². The third-order valence-electron chi connectivity index (χ3n) is 4.73. The van der Waals surface area contributed by atoms with Gasteiger partial charge in [-0.2, -0.15) is 0 Å². The van der Waals surface area contributed by atoms with Crippen molar-refractivity contribution in [3.8, 4) is 17.2 Å². The Hall–Kier alpha value is -2.24. The van der Waals surface area contributed by atoms with Crippen LogP contribution in [-0.4, -0.2) is 50.0 Å². The van der Waals surface area contributed by atoms with Gasteiger partial charge >= 0.3 is 0 Å². The Morgan fingerprint density at radius 2 is 1.69 bits per heavy atom. The van der Waals surface area contributed by atoms with Gasteiger partial charge in [0.1, 0.15) is 18.5 Å². The summed E-state index contributed by atoms with van der Waals surface area (Å²) < 4.78 is 16.5. The van der Waals surface area contributed by atoms with Crippen molar-refractivity contribution in [1.29, 1.82) is 0 Å². The number of ether oxygens (including phenoxy) is 3. The van der Waals surface area contributed by atoms with Crippen LogP contribution in [0.5, 0.6) is 17.2 Å². The average molecular weight is 357 g/mol. The van der Waals surface area contributed by atoms with Gasteiger partial charge in [0, 0.05) is 19.6 Å². The molecule has 5 heteroatoms. The van der Waals surface area contributed by atoms with Crippen molar-refractivity contribution < 1.29 is 19.3 Å². The van der Waals surface area contributed by atoms with E-state index in [1.807, 2.05) is 37.3 Å². The van der Waals surface area contributed by atoms with E-state index in [9.17, 15) is 5.11 Å². The van der Waals surface area contributed by atoms with Crippen molar-refractivity contribution in [2.24, 2.45) is 0 Å². The topological polar surface area (TPSA) is 51.2 Å². The smallest absolute Gasteiger partial charge is 0.161 e. The number of fused-ring (bicyclic) bond motifs is 1. The number of hydrogen-bond donors (Lipinski definition) is 1. The van der Waals surface area contributed by atoms with Gasteiger partial charge in [-0.05, 0) is 48.7 Å². The van der Waals surface area contributed by atoms with Crippen LogP contribution in [-0.2, 0) is 13.0 Å². The molecule has 0 unspecified atom stereocenters. The quantitative estimate of drug-likeness (QED) is 0.826. The molecular weight excluding hydrogens is 330 g/mol. The molecule has 0 fully saturated rings. The Balaban J connectivity index is 1.55. The predicted octanol–water partition coefficient (Wildman–Crippen LogP) is 2.81. The van der Waals surface area contributed by atoms with Gasteiger partial charge in [0.25, 0.3) is 0 Å². The van der Waals surface area contributed by atoms with Crippen molar-refractivity contribution in [3.05, 3.63) is 53.1 Å². The van der Waals surface area contributed by atoms with E-state index < -0.39 is 6.10 Å². The van der Waals surface area contributed by atoms with Crippen LogP contribution in [0.25, 0.3) is 0 Å². The van der Waals surface area contributed by atoms with Crippen molar-refractivity contribution in [2.75, 3.05) is 33.9 Å². The number of aryl methyl sites for hydroxylation is 1. The molecule has 3 rings (SSSR count). The first-order valence-electron chi connectivity index (χ1n) is 8.92. The third kappa shape index (κ3) is 4.48. The highest BCUT2D eigenvalue weighted by molar-refractivity contribution is 5.48. The van der Waals surface area contributed by atoms with Crippen LogP contribution in [0, 0.1) is 6.92 Å². The molecule has 0 aliphatic carbocycles.